The molecule has 1 aliphatic heterocycles. The maximum Gasteiger partial charge on any atom is 0.218 e. The van der Waals surface area contributed by atoms with Crippen molar-refractivity contribution in [2.75, 3.05) is 24.7 Å². The Morgan fingerprint density at radius 2 is 1.95 bits per heavy atom. The Bertz CT molecular complexity index is 400. The van der Waals surface area contributed by atoms with Crippen LogP contribution in [0.1, 0.15) is 0 Å². The standard InChI is InChI=1S/C9H18O9S2/c10-1-7(18-20(15,16)17)5(12)3-19-4-6(13)9(14)8(19)2-11/h5-14H,1-4H2/t5-,6+,7+,8+,9-,19?/m1/s1. The van der Waals surface area contributed by atoms with Crippen LogP contribution in [0.4, 0.5) is 0 Å². The monoisotopic (exact) mass is 334 g/mol. The highest BCUT2D eigenvalue weighted by Gasteiger charge is 2.50. The van der Waals surface area contributed by atoms with Crippen molar-refractivity contribution in [3.05, 3.63) is 0 Å². The summed E-state index contributed by atoms with van der Waals surface area (Å²) in [5, 5.41) is 46.3. The molecule has 20 heavy (non-hydrogen) atoms. The van der Waals surface area contributed by atoms with Gasteiger partial charge < -0.3 is 30.1 Å². The van der Waals surface area contributed by atoms with E-state index in [1.54, 1.807) is 0 Å². The molecule has 11 heteroatoms. The van der Waals surface area contributed by atoms with Crippen LogP contribution < -0.4 is 0 Å². The van der Waals surface area contributed by atoms with Crippen molar-refractivity contribution >= 4 is 21.3 Å². The summed E-state index contributed by atoms with van der Waals surface area (Å²) in [6.45, 7) is -1.28. The van der Waals surface area contributed by atoms with Crippen molar-refractivity contribution in [3.63, 3.8) is 0 Å². The van der Waals surface area contributed by atoms with Gasteiger partial charge in [-0.2, -0.15) is 0 Å². The third-order valence-corrected chi connectivity index (χ3v) is 6.31. The van der Waals surface area contributed by atoms with E-state index in [1.807, 2.05) is 0 Å². The normalized spacial score (nSPS) is 34.1. The smallest absolute Gasteiger partial charge is 0.218 e. The summed E-state index contributed by atoms with van der Waals surface area (Å²) < 4.78 is 35.4. The van der Waals surface area contributed by atoms with E-state index in [-0.39, 0.29) is 11.5 Å². The van der Waals surface area contributed by atoms with E-state index in [4.69, 9.17) is 10.2 Å². The molecule has 0 aromatic carbocycles. The maximum atomic E-state index is 10.4. The molecule has 1 unspecified atom stereocenters. The molecule has 1 heterocycles. The SMILES string of the molecule is O=S(=O)([O-])O[C@@H](CO)[C@H](O)C[S+]1C[C@H](O)[C@@H](O)[C@@H]1CO. The minimum Gasteiger partial charge on any atom is -0.726 e. The van der Waals surface area contributed by atoms with E-state index in [9.17, 15) is 28.3 Å². The number of hydrogen-bond acceptors (Lipinski definition) is 9. The second kappa shape index (κ2) is 7.33. The van der Waals surface area contributed by atoms with Crippen LogP contribution in [0, 0.1) is 0 Å². The van der Waals surface area contributed by atoms with Gasteiger partial charge >= 0.3 is 0 Å². The molecule has 0 radical (unpaired) electrons. The minimum atomic E-state index is -5.07. The first-order valence-corrected chi connectivity index (χ1v) is 8.71. The Morgan fingerprint density at radius 3 is 2.40 bits per heavy atom. The summed E-state index contributed by atoms with van der Waals surface area (Å²) in [4.78, 5) is 0. The second-order valence-electron chi connectivity index (χ2n) is 4.44. The van der Waals surface area contributed by atoms with E-state index in [1.165, 1.54) is 0 Å². The van der Waals surface area contributed by atoms with Crippen LogP contribution in [0.25, 0.3) is 0 Å². The zero-order valence-electron chi connectivity index (χ0n) is 10.4. The topological polar surface area (TPSA) is 168 Å². The quantitative estimate of drug-likeness (QED) is 0.176. The Balaban J connectivity index is 2.66. The third-order valence-electron chi connectivity index (χ3n) is 3.00. The minimum absolute atomic E-state index is 0.111. The number of aliphatic hydroxyl groups is 5. The van der Waals surface area contributed by atoms with Gasteiger partial charge in [-0.25, -0.2) is 8.42 Å². The predicted molar refractivity (Wildman–Crippen MR) is 67.6 cm³/mol. The zero-order valence-corrected chi connectivity index (χ0v) is 12.0. The zero-order chi connectivity index (χ0) is 15.5. The Kier molecular flexibility index (Phi) is 6.63. The van der Waals surface area contributed by atoms with Gasteiger partial charge in [-0.3, -0.25) is 4.18 Å². The molecule has 0 bridgehead atoms. The van der Waals surface area contributed by atoms with Crippen molar-refractivity contribution < 1.29 is 42.7 Å². The molecule has 0 aromatic rings. The van der Waals surface area contributed by atoms with E-state index in [0.717, 1.165) is 0 Å². The lowest BCUT2D eigenvalue weighted by atomic mass is 10.2. The van der Waals surface area contributed by atoms with Crippen molar-refractivity contribution in [3.8, 4) is 0 Å². The molecular weight excluding hydrogens is 316 g/mol. The first-order valence-electron chi connectivity index (χ1n) is 5.76. The van der Waals surface area contributed by atoms with Crippen LogP contribution in [-0.2, 0) is 25.5 Å². The van der Waals surface area contributed by atoms with Gasteiger partial charge in [0, 0.05) is 10.9 Å². The summed E-state index contributed by atoms with van der Waals surface area (Å²) in [7, 11) is -5.86. The summed E-state index contributed by atoms with van der Waals surface area (Å²) in [6, 6.07) is 0. The average Bonchev–Trinajstić information content (AvgIpc) is 2.60. The van der Waals surface area contributed by atoms with Crippen LogP contribution in [-0.4, -0.2) is 92.9 Å². The molecular formula is C9H18O9S2. The lowest BCUT2D eigenvalue weighted by Crippen LogP contribution is -2.42. The second-order valence-corrected chi connectivity index (χ2v) is 7.80. The van der Waals surface area contributed by atoms with Gasteiger partial charge in [0.1, 0.15) is 35.9 Å². The molecule has 0 amide bonds. The van der Waals surface area contributed by atoms with Crippen LogP contribution in [0.15, 0.2) is 0 Å². The fraction of sp³-hybridized carbons (Fsp3) is 1.00. The summed E-state index contributed by atoms with van der Waals surface area (Å²) in [6.07, 6.45) is -5.26. The van der Waals surface area contributed by atoms with Gasteiger partial charge in [0.05, 0.1) is 13.2 Å². The number of aliphatic hydroxyl groups excluding tert-OH is 5. The molecule has 0 spiro atoms. The van der Waals surface area contributed by atoms with Crippen molar-refractivity contribution in [2.45, 2.75) is 29.7 Å². The molecule has 0 aromatic heterocycles. The largest absolute Gasteiger partial charge is 0.726 e. The predicted octanol–water partition coefficient (Wildman–Crippen LogP) is -4.10. The molecule has 0 saturated carbocycles. The van der Waals surface area contributed by atoms with E-state index >= 15 is 0 Å². The highest BCUT2D eigenvalue weighted by Crippen LogP contribution is 2.25. The summed E-state index contributed by atoms with van der Waals surface area (Å²) in [5.74, 6) is 0.0197. The summed E-state index contributed by atoms with van der Waals surface area (Å²) in [5.41, 5.74) is 0. The van der Waals surface area contributed by atoms with Crippen LogP contribution in [0.5, 0.6) is 0 Å². The molecule has 1 saturated heterocycles. The molecule has 0 aliphatic carbocycles. The first-order chi connectivity index (χ1) is 9.19. The number of hydrogen-bond donors (Lipinski definition) is 5. The van der Waals surface area contributed by atoms with Crippen LogP contribution >= 0.6 is 0 Å². The molecule has 1 fully saturated rings. The van der Waals surface area contributed by atoms with Crippen LogP contribution in [0.3, 0.4) is 0 Å². The van der Waals surface area contributed by atoms with Crippen molar-refractivity contribution in [2.24, 2.45) is 0 Å². The van der Waals surface area contributed by atoms with Crippen molar-refractivity contribution in [1.82, 2.24) is 0 Å². The Morgan fingerprint density at radius 1 is 1.35 bits per heavy atom. The molecule has 9 nitrogen and oxygen atoms in total. The fourth-order valence-electron chi connectivity index (χ4n) is 1.99. The van der Waals surface area contributed by atoms with Crippen molar-refractivity contribution in [1.29, 1.82) is 0 Å². The van der Waals surface area contributed by atoms with Gasteiger partial charge in [-0.1, -0.05) is 0 Å². The van der Waals surface area contributed by atoms with E-state index in [2.05, 4.69) is 4.18 Å². The molecule has 5 N–H and O–H groups in total. The Labute approximate surface area is 119 Å². The highest BCUT2D eigenvalue weighted by atomic mass is 32.3. The van der Waals surface area contributed by atoms with Gasteiger partial charge in [-0.05, 0) is 0 Å². The van der Waals surface area contributed by atoms with Gasteiger partial charge in [0.25, 0.3) is 0 Å². The fourth-order valence-corrected chi connectivity index (χ4v) is 5.18. The van der Waals surface area contributed by atoms with E-state index in [0.29, 0.717) is 0 Å². The lowest BCUT2D eigenvalue weighted by Gasteiger charge is -2.22. The third kappa shape index (κ3) is 4.79. The first kappa shape index (κ1) is 18.1. The lowest BCUT2D eigenvalue weighted by molar-refractivity contribution is 0.0105. The molecule has 120 valence electrons. The average molecular weight is 334 g/mol. The molecule has 6 atom stereocenters. The van der Waals surface area contributed by atoms with Crippen LogP contribution in [0.2, 0.25) is 0 Å². The highest BCUT2D eigenvalue weighted by molar-refractivity contribution is 7.97. The molecule has 1 rings (SSSR count). The van der Waals surface area contributed by atoms with Gasteiger partial charge in [-0.15, -0.1) is 0 Å². The van der Waals surface area contributed by atoms with Gasteiger partial charge in [0.15, 0.2) is 5.25 Å². The summed E-state index contributed by atoms with van der Waals surface area (Å²) >= 11 is 0. The Hall–Kier alpha value is 0.0200. The number of rotatable bonds is 7. The van der Waals surface area contributed by atoms with E-state index < -0.39 is 64.2 Å². The van der Waals surface area contributed by atoms with Gasteiger partial charge in [0.2, 0.25) is 10.4 Å². The molecule has 1 aliphatic rings. The maximum absolute atomic E-state index is 10.4.